The first-order valence-electron chi connectivity index (χ1n) is 11.4. The fourth-order valence-corrected chi connectivity index (χ4v) is 5.07. The number of nitrogens with one attached hydrogen (secondary N) is 1. The van der Waals surface area contributed by atoms with Crippen LogP contribution in [0, 0.1) is 13.8 Å². The van der Waals surface area contributed by atoms with Crippen LogP contribution in [-0.4, -0.2) is 46.2 Å². The number of likely N-dealkylation sites (tertiary alicyclic amines) is 1. The lowest BCUT2D eigenvalue weighted by atomic mass is 9.87. The van der Waals surface area contributed by atoms with Crippen LogP contribution >= 0.6 is 0 Å². The molecule has 0 spiro atoms. The first-order valence-corrected chi connectivity index (χ1v) is 11.4. The zero-order valence-corrected chi connectivity index (χ0v) is 18.8. The van der Waals surface area contributed by atoms with E-state index < -0.39 is 0 Å². The molecule has 0 atom stereocenters. The van der Waals surface area contributed by atoms with E-state index in [2.05, 4.69) is 72.9 Å². The Labute approximate surface area is 180 Å². The lowest BCUT2D eigenvalue weighted by molar-refractivity contribution is 0.187. The first kappa shape index (κ1) is 21.1. The number of rotatable bonds is 6. The molecule has 0 bridgehead atoms. The van der Waals surface area contributed by atoms with Crippen LogP contribution in [0.1, 0.15) is 67.5 Å². The summed E-state index contributed by atoms with van der Waals surface area (Å²) in [6.07, 6.45) is 3.29. The molecule has 1 fully saturated rings. The third-order valence-corrected chi connectivity index (χ3v) is 6.50. The van der Waals surface area contributed by atoms with E-state index >= 15 is 0 Å². The van der Waals surface area contributed by atoms with Crippen LogP contribution in [0.4, 0.5) is 0 Å². The van der Waals surface area contributed by atoms with Crippen molar-refractivity contribution in [2.45, 2.75) is 58.8 Å². The fourth-order valence-electron chi connectivity index (χ4n) is 5.07. The Bertz CT molecular complexity index is 992. The highest BCUT2D eigenvalue weighted by Crippen LogP contribution is 2.38. The zero-order valence-electron chi connectivity index (χ0n) is 18.8. The van der Waals surface area contributed by atoms with Gasteiger partial charge in [0.2, 0.25) is 0 Å². The van der Waals surface area contributed by atoms with Crippen molar-refractivity contribution in [1.29, 1.82) is 0 Å². The maximum atomic E-state index is 9.08. The quantitative estimate of drug-likeness (QED) is 0.567. The number of pyridine rings is 1. The van der Waals surface area contributed by atoms with E-state index in [9.17, 15) is 0 Å². The molecule has 1 aliphatic rings. The largest absolute Gasteiger partial charge is 0.396 e. The molecule has 1 aromatic carbocycles. The standard InChI is InChI=1S/C26H35N3O/c1-17(2)25-23-16-21(20-8-11-29(12-9-20)10-5-13-30)6-7-24(23)28-26(25)22-14-18(3)27-19(4)15-22/h6-7,14-17,20,28,30H,5,8-13H2,1-4H3. The van der Waals surface area contributed by atoms with Crippen molar-refractivity contribution < 1.29 is 5.11 Å². The lowest BCUT2D eigenvalue weighted by Crippen LogP contribution is -2.34. The Kier molecular flexibility index (Phi) is 6.26. The average molecular weight is 406 g/mol. The monoisotopic (exact) mass is 405 g/mol. The van der Waals surface area contributed by atoms with Gasteiger partial charge >= 0.3 is 0 Å². The van der Waals surface area contributed by atoms with E-state index in [-0.39, 0.29) is 0 Å². The summed E-state index contributed by atoms with van der Waals surface area (Å²) in [6, 6.07) is 11.4. The number of hydrogen-bond acceptors (Lipinski definition) is 3. The highest BCUT2D eigenvalue weighted by atomic mass is 16.3. The molecule has 4 heteroatoms. The van der Waals surface area contributed by atoms with Gasteiger partial charge in [-0.3, -0.25) is 4.98 Å². The van der Waals surface area contributed by atoms with Gasteiger partial charge in [-0.05, 0) is 93.4 Å². The summed E-state index contributed by atoms with van der Waals surface area (Å²) in [6.45, 7) is 12.3. The smallest absolute Gasteiger partial charge is 0.0501 e. The van der Waals surface area contributed by atoms with E-state index in [0.717, 1.165) is 37.4 Å². The van der Waals surface area contributed by atoms with Crippen LogP contribution in [-0.2, 0) is 0 Å². The molecule has 2 aromatic heterocycles. The number of aromatic amines is 1. The first-order chi connectivity index (χ1) is 14.5. The molecule has 4 nitrogen and oxygen atoms in total. The van der Waals surface area contributed by atoms with Crippen molar-refractivity contribution in [3.63, 3.8) is 0 Å². The summed E-state index contributed by atoms with van der Waals surface area (Å²) in [7, 11) is 0. The molecule has 0 saturated carbocycles. The number of nitrogens with zero attached hydrogens (tertiary/aromatic N) is 2. The van der Waals surface area contributed by atoms with Gasteiger partial charge in [-0.2, -0.15) is 0 Å². The van der Waals surface area contributed by atoms with Gasteiger partial charge in [0.25, 0.3) is 0 Å². The molecule has 2 N–H and O–H groups in total. The van der Waals surface area contributed by atoms with Crippen molar-refractivity contribution in [3.05, 3.63) is 52.8 Å². The third-order valence-electron chi connectivity index (χ3n) is 6.50. The normalized spacial score (nSPS) is 16.1. The van der Waals surface area contributed by atoms with Crippen molar-refractivity contribution in [2.75, 3.05) is 26.2 Å². The minimum atomic E-state index is 0.293. The highest BCUT2D eigenvalue weighted by Gasteiger charge is 2.22. The minimum absolute atomic E-state index is 0.293. The van der Waals surface area contributed by atoms with E-state index in [4.69, 9.17) is 5.11 Å². The summed E-state index contributed by atoms with van der Waals surface area (Å²) < 4.78 is 0. The number of aliphatic hydroxyl groups is 1. The average Bonchev–Trinajstić information content (AvgIpc) is 3.11. The van der Waals surface area contributed by atoms with Crippen molar-refractivity contribution in [3.8, 4) is 11.3 Å². The van der Waals surface area contributed by atoms with Crippen LogP contribution < -0.4 is 0 Å². The molecule has 1 aliphatic heterocycles. The van der Waals surface area contributed by atoms with Crippen LogP contribution in [0.2, 0.25) is 0 Å². The van der Waals surface area contributed by atoms with Gasteiger partial charge in [0.1, 0.15) is 0 Å². The number of H-pyrrole nitrogens is 1. The Balaban J connectivity index is 1.67. The Morgan fingerprint density at radius 1 is 1.10 bits per heavy atom. The van der Waals surface area contributed by atoms with Gasteiger partial charge in [-0.15, -0.1) is 0 Å². The summed E-state index contributed by atoms with van der Waals surface area (Å²) >= 11 is 0. The van der Waals surface area contributed by atoms with Gasteiger partial charge in [0.05, 0.1) is 5.69 Å². The number of aryl methyl sites for hydroxylation is 2. The third kappa shape index (κ3) is 4.30. The van der Waals surface area contributed by atoms with E-state index in [1.807, 2.05) is 0 Å². The molecule has 1 saturated heterocycles. The Morgan fingerprint density at radius 2 is 1.80 bits per heavy atom. The zero-order chi connectivity index (χ0) is 21.3. The number of piperidine rings is 1. The number of benzene rings is 1. The van der Waals surface area contributed by atoms with E-state index in [1.54, 1.807) is 0 Å². The van der Waals surface area contributed by atoms with Crippen molar-refractivity contribution in [1.82, 2.24) is 14.9 Å². The highest BCUT2D eigenvalue weighted by molar-refractivity contribution is 5.92. The molecule has 4 rings (SSSR count). The van der Waals surface area contributed by atoms with Gasteiger partial charge in [0.15, 0.2) is 0 Å². The van der Waals surface area contributed by atoms with E-state index in [0.29, 0.717) is 18.4 Å². The van der Waals surface area contributed by atoms with E-state index in [1.165, 1.54) is 46.1 Å². The van der Waals surface area contributed by atoms with Crippen molar-refractivity contribution in [2.24, 2.45) is 0 Å². The second-order valence-electron chi connectivity index (χ2n) is 9.21. The summed E-state index contributed by atoms with van der Waals surface area (Å²) in [4.78, 5) is 10.8. The molecule has 0 amide bonds. The van der Waals surface area contributed by atoms with Gasteiger partial charge in [-0.1, -0.05) is 19.9 Å². The van der Waals surface area contributed by atoms with Crippen LogP contribution in [0.3, 0.4) is 0 Å². The number of aliphatic hydroxyl groups excluding tert-OH is 1. The maximum absolute atomic E-state index is 9.08. The fraction of sp³-hybridized carbons (Fsp3) is 0.500. The second-order valence-corrected chi connectivity index (χ2v) is 9.21. The molecular weight excluding hydrogens is 370 g/mol. The summed E-state index contributed by atoms with van der Waals surface area (Å²) in [5, 5.41) is 10.4. The molecule has 0 aliphatic carbocycles. The predicted octanol–water partition coefficient (Wildman–Crippen LogP) is 5.53. The van der Waals surface area contributed by atoms with Gasteiger partial charge < -0.3 is 15.0 Å². The minimum Gasteiger partial charge on any atom is -0.396 e. The van der Waals surface area contributed by atoms with Gasteiger partial charge in [-0.25, -0.2) is 0 Å². The second kappa shape index (κ2) is 8.91. The van der Waals surface area contributed by atoms with Crippen LogP contribution in [0.15, 0.2) is 30.3 Å². The lowest BCUT2D eigenvalue weighted by Gasteiger charge is -2.32. The Morgan fingerprint density at radius 3 is 2.43 bits per heavy atom. The topological polar surface area (TPSA) is 52.2 Å². The molecule has 3 aromatic rings. The Hall–Kier alpha value is -2.17. The van der Waals surface area contributed by atoms with Gasteiger partial charge in [0, 0.05) is 41.0 Å². The van der Waals surface area contributed by atoms with Crippen LogP contribution in [0.5, 0.6) is 0 Å². The molecule has 0 unspecified atom stereocenters. The number of fused-ring (bicyclic) bond motifs is 1. The summed E-state index contributed by atoms with van der Waals surface area (Å²) in [5.41, 5.74) is 8.71. The molecule has 0 radical (unpaired) electrons. The SMILES string of the molecule is Cc1cc(-c2[nH]c3ccc(C4CCN(CCCO)CC4)cc3c2C(C)C)cc(C)n1. The predicted molar refractivity (Wildman–Crippen MR) is 125 cm³/mol. The molecule has 30 heavy (non-hydrogen) atoms. The number of aromatic nitrogens is 2. The van der Waals surface area contributed by atoms with Crippen LogP contribution in [0.25, 0.3) is 22.2 Å². The maximum Gasteiger partial charge on any atom is 0.0501 e. The molecule has 3 heterocycles. The summed E-state index contributed by atoms with van der Waals surface area (Å²) in [5.74, 6) is 1.07. The molecule has 160 valence electrons. The van der Waals surface area contributed by atoms with Crippen molar-refractivity contribution >= 4 is 10.9 Å². The number of hydrogen-bond donors (Lipinski definition) is 2. The molecular formula is C26H35N3O.